The third-order valence-corrected chi connectivity index (χ3v) is 3.14. The van der Waals surface area contributed by atoms with E-state index in [4.69, 9.17) is 15.7 Å². The van der Waals surface area contributed by atoms with Gasteiger partial charge in [-0.25, -0.2) is 0 Å². The number of methoxy groups -OCH3 is 1. The van der Waals surface area contributed by atoms with E-state index in [2.05, 4.69) is 26.4 Å². The second kappa shape index (κ2) is 5.92. The average molecular weight is 330 g/mol. The van der Waals surface area contributed by atoms with Gasteiger partial charge in [-0.15, -0.1) is 0 Å². The highest BCUT2D eigenvalue weighted by Crippen LogP contribution is 2.26. The van der Waals surface area contributed by atoms with E-state index in [-0.39, 0.29) is 11.7 Å². The van der Waals surface area contributed by atoms with E-state index in [0.29, 0.717) is 11.4 Å². The Labute approximate surface area is 119 Å². The van der Waals surface area contributed by atoms with E-state index in [1.165, 1.54) is 7.11 Å². The van der Waals surface area contributed by atoms with Crippen LogP contribution >= 0.6 is 15.9 Å². The molecule has 7 heteroatoms. The van der Waals surface area contributed by atoms with Crippen LogP contribution in [0, 0.1) is 5.41 Å². The molecule has 1 aromatic carbocycles. The van der Waals surface area contributed by atoms with Crippen LogP contribution in [0.4, 0.5) is 5.69 Å². The number of ether oxygens (including phenoxy) is 1. The van der Waals surface area contributed by atoms with E-state index in [1.807, 2.05) is 0 Å². The monoisotopic (exact) mass is 329 g/mol. The standard InChI is InChI=1S/C12H16BrN3O3/c1-12(2,10(14)16-18)11(17)15-8-4-7(13)5-9(6-8)19-3/h4-6,18H,1-3H3,(H2,14,16)(H,15,17). The minimum atomic E-state index is -1.12. The molecule has 1 amide bonds. The number of nitrogens with one attached hydrogen (secondary N) is 1. The molecule has 104 valence electrons. The van der Waals surface area contributed by atoms with Crippen LogP contribution in [0.15, 0.2) is 27.8 Å². The summed E-state index contributed by atoms with van der Waals surface area (Å²) in [6.07, 6.45) is 0. The number of rotatable bonds is 4. The zero-order chi connectivity index (χ0) is 14.6. The summed E-state index contributed by atoms with van der Waals surface area (Å²) in [6.45, 7) is 3.12. The first kappa shape index (κ1) is 15.3. The summed E-state index contributed by atoms with van der Waals surface area (Å²) < 4.78 is 5.87. The summed E-state index contributed by atoms with van der Waals surface area (Å²) in [7, 11) is 1.54. The smallest absolute Gasteiger partial charge is 0.237 e. The number of nitrogens with two attached hydrogens (primary N) is 1. The third kappa shape index (κ3) is 3.60. The highest BCUT2D eigenvalue weighted by atomic mass is 79.9. The van der Waals surface area contributed by atoms with Crippen LogP contribution in [0.3, 0.4) is 0 Å². The van der Waals surface area contributed by atoms with Crippen molar-refractivity contribution in [2.75, 3.05) is 12.4 Å². The minimum absolute atomic E-state index is 0.160. The predicted octanol–water partition coefficient (Wildman–Crippen LogP) is 2.17. The Morgan fingerprint density at radius 3 is 2.63 bits per heavy atom. The second-order valence-electron chi connectivity index (χ2n) is 4.44. The van der Waals surface area contributed by atoms with Crippen LogP contribution in [-0.2, 0) is 4.79 Å². The topological polar surface area (TPSA) is 96.9 Å². The Morgan fingerprint density at radius 1 is 1.47 bits per heavy atom. The normalized spacial score (nSPS) is 12.1. The summed E-state index contributed by atoms with van der Waals surface area (Å²) >= 11 is 3.32. The van der Waals surface area contributed by atoms with Crippen molar-refractivity contribution in [1.82, 2.24) is 0 Å². The van der Waals surface area contributed by atoms with Crippen molar-refractivity contribution in [2.24, 2.45) is 16.3 Å². The number of amidine groups is 1. The lowest BCUT2D eigenvalue weighted by Crippen LogP contribution is -2.42. The molecule has 0 atom stereocenters. The SMILES string of the molecule is COc1cc(Br)cc(NC(=O)C(C)(C)/C(N)=N/O)c1. The molecular formula is C12H16BrN3O3. The number of benzene rings is 1. The van der Waals surface area contributed by atoms with Crippen molar-refractivity contribution in [3.8, 4) is 5.75 Å². The van der Waals surface area contributed by atoms with Gasteiger partial charge in [-0.2, -0.15) is 0 Å². The van der Waals surface area contributed by atoms with Gasteiger partial charge in [0.2, 0.25) is 5.91 Å². The lowest BCUT2D eigenvalue weighted by Gasteiger charge is -2.22. The molecular weight excluding hydrogens is 314 g/mol. The maximum absolute atomic E-state index is 12.1. The van der Waals surface area contributed by atoms with Crippen molar-refractivity contribution in [3.63, 3.8) is 0 Å². The number of anilines is 1. The van der Waals surface area contributed by atoms with Crippen LogP contribution in [0.25, 0.3) is 0 Å². The number of amides is 1. The molecule has 0 heterocycles. The Kier molecular flexibility index (Phi) is 4.77. The molecule has 6 nitrogen and oxygen atoms in total. The Morgan fingerprint density at radius 2 is 2.11 bits per heavy atom. The molecule has 1 rings (SSSR count). The van der Waals surface area contributed by atoms with Crippen LogP contribution < -0.4 is 15.8 Å². The summed E-state index contributed by atoms with van der Waals surface area (Å²) in [5.74, 6) is 0.0567. The second-order valence-corrected chi connectivity index (χ2v) is 5.36. The van der Waals surface area contributed by atoms with Crippen molar-refractivity contribution in [1.29, 1.82) is 0 Å². The summed E-state index contributed by atoms with van der Waals surface area (Å²) in [6, 6.07) is 5.16. The first-order chi connectivity index (χ1) is 8.81. The first-order valence-electron chi connectivity index (χ1n) is 5.45. The van der Waals surface area contributed by atoms with Crippen LogP contribution in [0.5, 0.6) is 5.75 Å². The largest absolute Gasteiger partial charge is 0.497 e. The number of hydrogen-bond donors (Lipinski definition) is 3. The lowest BCUT2D eigenvalue weighted by molar-refractivity contribution is -0.121. The quantitative estimate of drug-likeness (QED) is 0.341. The fourth-order valence-corrected chi connectivity index (χ4v) is 1.75. The number of carbonyl (C=O) groups excluding carboxylic acids is 1. The molecule has 0 saturated heterocycles. The fraction of sp³-hybridized carbons (Fsp3) is 0.333. The third-order valence-electron chi connectivity index (χ3n) is 2.68. The van der Waals surface area contributed by atoms with Gasteiger partial charge in [0.25, 0.3) is 0 Å². The lowest BCUT2D eigenvalue weighted by atomic mass is 9.91. The van der Waals surface area contributed by atoms with Crippen LogP contribution in [0.2, 0.25) is 0 Å². The maximum atomic E-state index is 12.1. The van der Waals surface area contributed by atoms with Crippen molar-refractivity contribution in [2.45, 2.75) is 13.8 Å². The number of halogens is 1. The summed E-state index contributed by atoms with van der Waals surface area (Å²) in [5, 5.41) is 14.2. The summed E-state index contributed by atoms with van der Waals surface area (Å²) in [5.41, 5.74) is 4.93. The molecule has 0 spiro atoms. The van der Waals surface area contributed by atoms with Crippen molar-refractivity contribution >= 4 is 33.4 Å². The molecule has 19 heavy (non-hydrogen) atoms. The van der Waals surface area contributed by atoms with Crippen LogP contribution in [-0.4, -0.2) is 24.1 Å². The fourth-order valence-electron chi connectivity index (χ4n) is 1.28. The molecule has 0 unspecified atom stereocenters. The molecule has 1 aromatic rings. The van der Waals surface area contributed by atoms with Crippen molar-refractivity contribution in [3.05, 3.63) is 22.7 Å². The molecule has 4 N–H and O–H groups in total. The Balaban J connectivity index is 2.97. The van der Waals surface area contributed by atoms with E-state index in [0.717, 1.165) is 4.47 Å². The highest BCUT2D eigenvalue weighted by molar-refractivity contribution is 9.10. The Hall–Kier alpha value is -1.76. The zero-order valence-electron chi connectivity index (χ0n) is 10.9. The minimum Gasteiger partial charge on any atom is -0.497 e. The van der Waals surface area contributed by atoms with Gasteiger partial charge in [-0.3, -0.25) is 4.79 Å². The van der Waals surface area contributed by atoms with Gasteiger partial charge in [0.15, 0.2) is 5.84 Å². The molecule has 0 aliphatic rings. The number of oxime groups is 1. The van der Waals surface area contributed by atoms with Gasteiger partial charge in [-0.1, -0.05) is 21.1 Å². The predicted molar refractivity (Wildman–Crippen MR) is 76.5 cm³/mol. The highest BCUT2D eigenvalue weighted by Gasteiger charge is 2.32. The molecule has 0 aliphatic heterocycles. The number of hydrogen-bond acceptors (Lipinski definition) is 4. The average Bonchev–Trinajstić information content (AvgIpc) is 2.36. The van der Waals surface area contributed by atoms with E-state index < -0.39 is 5.41 Å². The first-order valence-corrected chi connectivity index (χ1v) is 6.24. The van der Waals surface area contributed by atoms with Gasteiger partial charge in [0, 0.05) is 16.2 Å². The molecule has 0 fully saturated rings. The van der Waals surface area contributed by atoms with E-state index >= 15 is 0 Å². The summed E-state index contributed by atoms with van der Waals surface area (Å²) in [4.78, 5) is 12.1. The van der Waals surface area contributed by atoms with Crippen LogP contribution in [0.1, 0.15) is 13.8 Å². The Bertz CT molecular complexity index is 515. The van der Waals surface area contributed by atoms with Gasteiger partial charge in [0.05, 0.1) is 7.11 Å². The van der Waals surface area contributed by atoms with E-state index in [1.54, 1.807) is 32.0 Å². The molecule has 0 aromatic heterocycles. The number of carbonyl (C=O) groups is 1. The van der Waals surface area contributed by atoms with Gasteiger partial charge in [-0.05, 0) is 26.0 Å². The molecule has 0 aliphatic carbocycles. The zero-order valence-corrected chi connectivity index (χ0v) is 12.5. The van der Waals surface area contributed by atoms with Gasteiger partial charge < -0.3 is 21.0 Å². The van der Waals surface area contributed by atoms with Gasteiger partial charge >= 0.3 is 0 Å². The molecule has 0 saturated carbocycles. The van der Waals surface area contributed by atoms with Crippen molar-refractivity contribution < 1.29 is 14.7 Å². The van der Waals surface area contributed by atoms with Gasteiger partial charge in [0.1, 0.15) is 11.2 Å². The molecule has 0 radical (unpaired) electrons. The maximum Gasteiger partial charge on any atom is 0.237 e. The van der Waals surface area contributed by atoms with E-state index in [9.17, 15) is 4.79 Å². The molecule has 0 bridgehead atoms. The number of nitrogens with zero attached hydrogens (tertiary/aromatic N) is 1.